The van der Waals surface area contributed by atoms with E-state index in [9.17, 15) is 8.42 Å². The summed E-state index contributed by atoms with van der Waals surface area (Å²) >= 11 is 0. The Kier molecular flexibility index (Phi) is 5.62. The Bertz CT molecular complexity index is 454. The summed E-state index contributed by atoms with van der Waals surface area (Å²) in [7, 11) is -3.43. The molecule has 0 amide bonds. The van der Waals surface area contributed by atoms with Gasteiger partial charge in [0.25, 0.3) is 0 Å². The van der Waals surface area contributed by atoms with E-state index in [-0.39, 0.29) is 5.75 Å². The predicted molar refractivity (Wildman–Crippen MR) is 73.1 cm³/mol. The molecule has 0 aliphatic carbocycles. The zero-order chi connectivity index (χ0) is 13.6. The molecule has 0 saturated carbocycles. The van der Waals surface area contributed by atoms with Crippen molar-refractivity contribution in [2.45, 2.75) is 39.8 Å². The molecule has 0 radical (unpaired) electrons. The standard InChI is InChI=1S/C13H21NO3S/c1-4-11(3)14-10-12-6-8-13(9-7-12)17-18(15,16)5-2/h6-9,11,14H,4-5,10H2,1-3H3. The predicted octanol–water partition coefficient (Wildman–Crippen LogP) is 2.30. The summed E-state index contributed by atoms with van der Waals surface area (Å²) in [5, 5.41) is 3.37. The Labute approximate surface area is 109 Å². The van der Waals surface area contributed by atoms with Crippen molar-refractivity contribution in [3.05, 3.63) is 29.8 Å². The van der Waals surface area contributed by atoms with Gasteiger partial charge in [0.05, 0.1) is 5.75 Å². The highest BCUT2D eigenvalue weighted by Crippen LogP contribution is 2.14. The number of hydrogen-bond donors (Lipinski definition) is 1. The van der Waals surface area contributed by atoms with Crippen molar-refractivity contribution < 1.29 is 12.6 Å². The summed E-state index contributed by atoms with van der Waals surface area (Å²) in [6, 6.07) is 7.58. The van der Waals surface area contributed by atoms with Crippen LogP contribution >= 0.6 is 0 Å². The Hall–Kier alpha value is -1.07. The van der Waals surface area contributed by atoms with Gasteiger partial charge in [-0.1, -0.05) is 19.1 Å². The van der Waals surface area contributed by atoms with Crippen molar-refractivity contribution >= 4 is 10.1 Å². The molecule has 1 rings (SSSR count). The molecule has 0 saturated heterocycles. The lowest BCUT2D eigenvalue weighted by atomic mass is 10.2. The number of benzene rings is 1. The summed E-state index contributed by atoms with van der Waals surface area (Å²) in [6.45, 7) is 6.59. The van der Waals surface area contributed by atoms with Gasteiger partial charge >= 0.3 is 10.1 Å². The summed E-state index contributed by atoms with van der Waals surface area (Å²) in [5.74, 6) is 0.341. The van der Waals surface area contributed by atoms with Crippen LogP contribution in [-0.4, -0.2) is 20.2 Å². The molecular formula is C13H21NO3S. The monoisotopic (exact) mass is 271 g/mol. The highest BCUT2D eigenvalue weighted by molar-refractivity contribution is 7.87. The first kappa shape index (κ1) is 15.0. The van der Waals surface area contributed by atoms with E-state index in [4.69, 9.17) is 4.18 Å². The van der Waals surface area contributed by atoms with E-state index in [1.54, 1.807) is 19.1 Å². The highest BCUT2D eigenvalue weighted by atomic mass is 32.2. The van der Waals surface area contributed by atoms with Gasteiger partial charge in [0.1, 0.15) is 5.75 Å². The van der Waals surface area contributed by atoms with Crippen molar-refractivity contribution in [1.29, 1.82) is 0 Å². The van der Waals surface area contributed by atoms with Gasteiger partial charge in [-0.2, -0.15) is 8.42 Å². The minimum Gasteiger partial charge on any atom is -0.382 e. The van der Waals surface area contributed by atoms with Crippen molar-refractivity contribution in [2.24, 2.45) is 0 Å². The topological polar surface area (TPSA) is 55.4 Å². The number of rotatable bonds is 7. The van der Waals surface area contributed by atoms with Crippen LogP contribution in [-0.2, 0) is 16.7 Å². The minimum absolute atomic E-state index is 0.0235. The largest absolute Gasteiger partial charge is 0.382 e. The number of hydrogen-bond acceptors (Lipinski definition) is 4. The van der Waals surface area contributed by atoms with Crippen molar-refractivity contribution in [3.8, 4) is 5.75 Å². The molecule has 0 aliphatic rings. The Balaban J connectivity index is 2.58. The van der Waals surface area contributed by atoms with Crippen molar-refractivity contribution in [1.82, 2.24) is 5.32 Å². The fourth-order valence-electron chi connectivity index (χ4n) is 1.30. The Morgan fingerprint density at radius 3 is 2.33 bits per heavy atom. The van der Waals surface area contributed by atoms with E-state index in [1.807, 2.05) is 12.1 Å². The molecule has 1 aromatic rings. The van der Waals surface area contributed by atoms with Crippen LogP contribution in [0.4, 0.5) is 0 Å². The van der Waals surface area contributed by atoms with Gasteiger partial charge in [-0.3, -0.25) is 0 Å². The van der Waals surface area contributed by atoms with E-state index in [0.717, 1.165) is 18.5 Å². The average molecular weight is 271 g/mol. The van der Waals surface area contributed by atoms with Gasteiger partial charge in [-0.05, 0) is 38.0 Å². The van der Waals surface area contributed by atoms with Crippen LogP contribution < -0.4 is 9.50 Å². The van der Waals surface area contributed by atoms with Crippen LogP contribution in [0.2, 0.25) is 0 Å². The lowest BCUT2D eigenvalue weighted by Gasteiger charge is -2.11. The second-order valence-corrected chi connectivity index (χ2v) is 6.12. The molecule has 18 heavy (non-hydrogen) atoms. The molecule has 0 fully saturated rings. The Morgan fingerprint density at radius 2 is 1.83 bits per heavy atom. The molecule has 1 aromatic carbocycles. The van der Waals surface area contributed by atoms with Gasteiger partial charge in [0.15, 0.2) is 0 Å². The van der Waals surface area contributed by atoms with E-state index in [1.165, 1.54) is 0 Å². The van der Waals surface area contributed by atoms with Crippen molar-refractivity contribution in [2.75, 3.05) is 5.75 Å². The molecule has 102 valence electrons. The molecule has 0 bridgehead atoms. The second kappa shape index (κ2) is 6.75. The maximum atomic E-state index is 11.3. The van der Waals surface area contributed by atoms with Crippen LogP contribution in [0.3, 0.4) is 0 Å². The molecule has 0 aliphatic heterocycles. The van der Waals surface area contributed by atoms with E-state index in [2.05, 4.69) is 19.2 Å². The van der Waals surface area contributed by atoms with Crippen LogP contribution in [0.25, 0.3) is 0 Å². The zero-order valence-corrected chi connectivity index (χ0v) is 12.0. The first-order valence-corrected chi connectivity index (χ1v) is 7.79. The van der Waals surface area contributed by atoms with E-state index >= 15 is 0 Å². The molecule has 0 spiro atoms. The fourth-order valence-corrected chi connectivity index (χ4v) is 1.83. The third-order valence-electron chi connectivity index (χ3n) is 2.77. The summed E-state index contributed by atoms with van der Waals surface area (Å²) in [4.78, 5) is 0. The average Bonchev–Trinajstić information content (AvgIpc) is 2.37. The zero-order valence-electron chi connectivity index (χ0n) is 11.1. The molecule has 5 heteroatoms. The molecule has 0 heterocycles. The maximum Gasteiger partial charge on any atom is 0.308 e. The summed E-state index contributed by atoms with van der Waals surface area (Å²) in [6.07, 6.45) is 1.08. The molecular weight excluding hydrogens is 250 g/mol. The molecule has 4 nitrogen and oxygen atoms in total. The van der Waals surface area contributed by atoms with Gasteiger partial charge in [-0.25, -0.2) is 0 Å². The highest BCUT2D eigenvalue weighted by Gasteiger charge is 2.08. The lowest BCUT2D eigenvalue weighted by molar-refractivity contribution is 0.487. The maximum absolute atomic E-state index is 11.3. The minimum atomic E-state index is -3.43. The third-order valence-corrected chi connectivity index (χ3v) is 3.92. The van der Waals surface area contributed by atoms with Gasteiger partial charge in [0.2, 0.25) is 0 Å². The number of nitrogens with one attached hydrogen (secondary N) is 1. The fraction of sp³-hybridized carbons (Fsp3) is 0.538. The van der Waals surface area contributed by atoms with Gasteiger partial charge in [0, 0.05) is 12.6 Å². The third kappa shape index (κ3) is 5.06. The van der Waals surface area contributed by atoms with Crippen LogP contribution in [0, 0.1) is 0 Å². The van der Waals surface area contributed by atoms with Gasteiger partial charge in [-0.15, -0.1) is 0 Å². The Morgan fingerprint density at radius 1 is 1.22 bits per heavy atom. The molecule has 1 N–H and O–H groups in total. The van der Waals surface area contributed by atoms with Crippen LogP contribution in [0.5, 0.6) is 5.75 Å². The quantitative estimate of drug-likeness (QED) is 0.773. The smallest absolute Gasteiger partial charge is 0.308 e. The molecule has 1 unspecified atom stereocenters. The second-order valence-electron chi connectivity index (χ2n) is 4.26. The molecule has 0 aromatic heterocycles. The van der Waals surface area contributed by atoms with E-state index in [0.29, 0.717) is 11.8 Å². The first-order valence-electron chi connectivity index (χ1n) is 6.21. The summed E-state index contributed by atoms with van der Waals surface area (Å²) < 4.78 is 27.5. The summed E-state index contributed by atoms with van der Waals surface area (Å²) in [5.41, 5.74) is 1.11. The van der Waals surface area contributed by atoms with E-state index < -0.39 is 10.1 Å². The van der Waals surface area contributed by atoms with Crippen molar-refractivity contribution in [3.63, 3.8) is 0 Å². The van der Waals surface area contributed by atoms with Gasteiger partial charge < -0.3 is 9.50 Å². The van der Waals surface area contributed by atoms with Crippen LogP contribution in [0.1, 0.15) is 32.8 Å². The first-order chi connectivity index (χ1) is 8.46. The normalized spacial score (nSPS) is 13.3. The molecule has 1 atom stereocenters. The van der Waals surface area contributed by atoms with Crippen LogP contribution in [0.15, 0.2) is 24.3 Å². The lowest BCUT2D eigenvalue weighted by Crippen LogP contribution is -2.24. The SMILES string of the molecule is CCC(C)NCc1ccc(OS(=O)(=O)CC)cc1.